The quantitative estimate of drug-likeness (QED) is 0.838. The van der Waals surface area contributed by atoms with E-state index < -0.39 is 5.97 Å². The number of halogens is 2. The lowest BCUT2D eigenvalue weighted by Gasteiger charge is -2.24. The van der Waals surface area contributed by atoms with Crippen molar-refractivity contribution >= 4 is 40.5 Å². The maximum absolute atomic E-state index is 11.0. The van der Waals surface area contributed by atoms with Crippen LogP contribution in [-0.4, -0.2) is 35.8 Å². The summed E-state index contributed by atoms with van der Waals surface area (Å²) in [6, 6.07) is 5.52. The van der Waals surface area contributed by atoms with Crippen molar-refractivity contribution in [2.45, 2.75) is 12.5 Å². The van der Waals surface area contributed by atoms with Crippen molar-refractivity contribution in [3.63, 3.8) is 0 Å². The van der Waals surface area contributed by atoms with Gasteiger partial charge in [0.2, 0.25) is 0 Å². The third-order valence-corrected chi connectivity index (χ3v) is 5.50. The van der Waals surface area contributed by atoms with E-state index in [1.54, 1.807) is 11.4 Å². The molecule has 2 unspecified atom stereocenters. The minimum Gasteiger partial charge on any atom is -0.476 e. The molecule has 8 heteroatoms. The van der Waals surface area contributed by atoms with Gasteiger partial charge in [-0.1, -0.05) is 29.3 Å². The maximum Gasteiger partial charge on any atom is 0.355 e. The molecule has 2 aromatic rings. The summed E-state index contributed by atoms with van der Waals surface area (Å²) in [4.78, 5) is 15.2. The molecule has 1 aliphatic heterocycles. The molecule has 1 saturated heterocycles. The van der Waals surface area contributed by atoms with Gasteiger partial charge >= 0.3 is 5.97 Å². The second-order valence-corrected chi connectivity index (χ2v) is 7.32. The smallest absolute Gasteiger partial charge is 0.355 e. The Balaban J connectivity index is 1.83. The molecule has 0 amide bonds. The molecule has 0 bridgehead atoms. The predicted octanol–water partition coefficient (Wildman–Crippen LogP) is 3.67. The molecule has 1 fully saturated rings. The van der Waals surface area contributed by atoms with Gasteiger partial charge in [0, 0.05) is 30.8 Å². The highest BCUT2D eigenvalue weighted by atomic mass is 35.5. The van der Waals surface area contributed by atoms with E-state index in [0.717, 1.165) is 23.7 Å². The average molecular weight is 387 g/mol. The summed E-state index contributed by atoms with van der Waals surface area (Å²) < 4.78 is 6.02. The monoisotopic (exact) mass is 386 g/mol. The van der Waals surface area contributed by atoms with E-state index in [1.807, 2.05) is 12.1 Å². The molecule has 1 aliphatic rings. The Morgan fingerprint density at radius 2 is 2.25 bits per heavy atom. The fourth-order valence-electron chi connectivity index (χ4n) is 2.75. The van der Waals surface area contributed by atoms with Gasteiger partial charge in [-0.2, -0.15) is 0 Å². The number of hydrogen-bond acceptors (Lipinski definition) is 5. The molecule has 0 radical (unpaired) electrons. The molecule has 2 atom stereocenters. The molecule has 1 aromatic carbocycles. The van der Waals surface area contributed by atoms with Crippen LogP contribution >= 0.6 is 34.5 Å². The Morgan fingerprint density at radius 1 is 1.42 bits per heavy atom. The number of aromatic nitrogens is 1. The largest absolute Gasteiger partial charge is 0.476 e. The zero-order valence-electron chi connectivity index (χ0n) is 12.7. The second-order valence-electron chi connectivity index (χ2n) is 5.56. The molecule has 128 valence electrons. The minimum atomic E-state index is -1.01. The Morgan fingerprint density at radius 3 is 2.96 bits per heavy atom. The molecule has 0 aliphatic carbocycles. The first-order valence-electron chi connectivity index (χ1n) is 7.49. The molecule has 0 spiro atoms. The van der Waals surface area contributed by atoms with Gasteiger partial charge in [-0.05, 0) is 17.7 Å². The van der Waals surface area contributed by atoms with E-state index in [9.17, 15) is 4.79 Å². The molecule has 2 heterocycles. The summed E-state index contributed by atoms with van der Waals surface area (Å²) in [5, 5.41) is 15.7. The van der Waals surface area contributed by atoms with Gasteiger partial charge in [-0.15, -0.1) is 11.3 Å². The van der Waals surface area contributed by atoms with Crippen LogP contribution < -0.4 is 5.32 Å². The summed E-state index contributed by atoms with van der Waals surface area (Å²) >= 11 is 13.5. The predicted molar refractivity (Wildman–Crippen MR) is 94.3 cm³/mol. The van der Waals surface area contributed by atoms with E-state index in [4.69, 9.17) is 33.0 Å². The topological polar surface area (TPSA) is 71.5 Å². The molecular weight excluding hydrogens is 371 g/mol. The number of benzene rings is 1. The normalized spacial score (nSPS) is 21.4. The lowest BCUT2D eigenvalue weighted by Crippen LogP contribution is -2.26. The number of nitrogens with one attached hydrogen (secondary N) is 1. The fourth-order valence-corrected chi connectivity index (χ4v) is 3.92. The molecule has 5 nitrogen and oxygen atoms in total. The van der Waals surface area contributed by atoms with Crippen LogP contribution in [0.25, 0.3) is 0 Å². The summed E-state index contributed by atoms with van der Waals surface area (Å²) in [7, 11) is 0. The number of carboxylic acids is 1. The van der Waals surface area contributed by atoms with Crippen LogP contribution in [0.5, 0.6) is 0 Å². The lowest BCUT2D eigenvalue weighted by molar-refractivity contribution is 0.0307. The molecule has 1 aromatic heterocycles. The summed E-state index contributed by atoms with van der Waals surface area (Å²) in [5.74, 6) is -0.883. The van der Waals surface area contributed by atoms with Gasteiger partial charge in [0.1, 0.15) is 0 Å². The Hall–Kier alpha value is -1.18. The fraction of sp³-hybridized carbons (Fsp3) is 0.375. The number of carboxylic acid groups (broad SMARTS) is 1. The number of nitrogens with zero attached hydrogens (tertiary/aromatic N) is 1. The molecule has 24 heavy (non-hydrogen) atoms. The number of carbonyl (C=O) groups is 1. The van der Waals surface area contributed by atoms with E-state index >= 15 is 0 Å². The Bertz CT molecular complexity index is 738. The van der Waals surface area contributed by atoms with E-state index in [1.165, 1.54) is 11.3 Å². The zero-order valence-corrected chi connectivity index (χ0v) is 15.0. The number of aromatic carboxylic acids is 1. The van der Waals surface area contributed by atoms with Crippen molar-refractivity contribution in [2.24, 2.45) is 5.92 Å². The van der Waals surface area contributed by atoms with Crippen molar-refractivity contribution in [1.29, 1.82) is 0 Å². The third-order valence-electron chi connectivity index (χ3n) is 3.89. The van der Waals surface area contributed by atoms with E-state index in [-0.39, 0.29) is 17.7 Å². The van der Waals surface area contributed by atoms with Gasteiger partial charge < -0.3 is 15.2 Å². The van der Waals surface area contributed by atoms with Gasteiger partial charge in [0.25, 0.3) is 0 Å². The van der Waals surface area contributed by atoms with Crippen LogP contribution in [0.4, 0.5) is 0 Å². The van der Waals surface area contributed by atoms with Gasteiger partial charge in [0.05, 0.1) is 27.8 Å². The highest BCUT2D eigenvalue weighted by molar-refractivity contribution is 7.09. The number of thiazole rings is 1. The Labute approximate surface area is 153 Å². The van der Waals surface area contributed by atoms with Crippen LogP contribution in [0.15, 0.2) is 23.6 Å². The van der Waals surface area contributed by atoms with Crippen LogP contribution in [0.1, 0.15) is 27.2 Å². The highest BCUT2D eigenvalue weighted by Crippen LogP contribution is 2.34. The van der Waals surface area contributed by atoms with Crippen LogP contribution in [0.2, 0.25) is 10.0 Å². The summed E-state index contributed by atoms with van der Waals surface area (Å²) in [6.07, 6.45) is 0.488. The Kier molecular flexibility index (Phi) is 5.73. The van der Waals surface area contributed by atoms with E-state index in [2.05, 4.69) is 10.3 Å². The number of ether oxygens (including phenoxy) is 1. The molecule has 0 saturated carbocycles. The standard InChI is InChI=1S/C16H16Cl2N2O3S/c17-11-2-1-9(5-12(11)18)15-10(7-19-3-4-23-15)6-14-20-13(8-24-14)16(21)22/h1-2,5,8,10,15,19H,3-4,6-7H2,(H,21,22). The summed E-state index contributed by atoms with van der Waals surface area (Å²) in [6.45, 7) is 2.12. The van der Waals surface area contributed by atoms with Crippen LogP contribution in [-0.2, 0) is 11.2 Å². The molecule has 2 N–H and O–H groups in total. The van der Waals surface area contributed by atoms with Crippen molar-refractivity contribution in [3.8, 4) is 0 Å². The SMILES string of the molecule is O=C(O)c1csc(CC2CNCCOC2c2ccc(Cl)c(Cl)c2)n1. The maximum atomic E-state index is 11.0. The molecule has 3 rings (SSSR count). The number of hydrogen-bond donors (Lipinski definition) is 2. The second kappa shape index (κ2) is 7.80. The van der Waals surface area contributed by atoms with Gasteiger partial charge in [-0.3, -0.25) is 0 Å². The number of rotatable bonds is 4. The average Bonchev–Trinajstić information content (AvgIpc) is 2.90. The van der Waals surface area contributed by atoms with Crippen molar-refractivity contribution in [1.82, 2.24) is 10.3 Å². The van der Waals surface area contributed by atoms with Gasteiger partial charge in [-0.25, -0.2) is 9.78 Å². The van der Waals surface area contributed by atoms with Crippen molar-refractivity contribution in [3.05, 3.63) is 49.9 Å². The first kappa shape index (κ1) is 17.6. The molecular formula is C16H16Cl2N2O3S. The lowest BCUT2D eigenvalue weighted by atomic mass is 9.93. The van der Waals surface area contributed by atoms with Crippen molar-refractivity contribution < 1.29 is 14.6 Å². The first-order valence-corrected chi connectivity index (χ1v) is 9.13. The zero-order chi connectivity index (χ0) is 17.1. The van der Waals surface area contributed by atoms with Gasteiger partial charge in [0.15, 0.2) is 5.69 Å². The third kappa shape index (κ3) is 4.07. The summed E-state index contributed by atoms with van der Waals surface area (Å²) in [5.41, 5.74) is 1.05. The van der Waals surface area contributed by atoms with Crippen LogP contribution in [0.3, 0.4) is 0 Å². The minimum absolute atomic E-state index is 0.0867. The first-order chi connectivity index (χ1) is 11.5. The van der Waals surface area contributed by atoms with Crippen LogP contribution in [0, 0.1) is 5.92 Å². The highest BCUT2D eigenvalue weighted by Gasteiger charge is 2.28. The van der Waals surface area contributed by atoms with E-state index in [0.29, 0.717) is 23.1 Å². The van der Waals surface area contributed by atoms with Crippen molar-refractivity contribution in [2.75, 3.05) is 19.7 Å².